The molecule has 0 fully saturated rings. The largest absolute Gasteiger partial charge is 0.478 e. The standard InChI is InChI=1S/C6H10O3.C4H6O2/c1-3-9-6(8)4-5(2)7;1-3(2)4(5)6/h3-4H2,1-2H3;1H2,2H3,(H,5,6). The summed E-state index contributed by atoms with van der Waals surface area (Å²) in [5.41, 5.74) is 0.176. The number of aliphatic carboxylic acids is 1. The van der Waals surface area contributed by atoms with Gasteiger partial charge in [0.2, 0.25) is 0 Å². The minimum Gasteiger partial charge on any atom is -0.478 e. The van der Waals surface area contributed by atoms with Crippen molar-refractivity contribution in [3.8, 4) is 0 Å². The van der Waals surface area contributed by atoms with Gasteiger partial charge in [-0.25, -0.2) is 4.79 Å². The van der Waals surface area contributed by atoms with E-state index in [1.54, 1.807) is 6.92 Å². The number of carbonyl (C=O) groups is 3. The normalized spacial score (nSPS) is 8.20. The number of carboxylic acid groups (broad SMARTS) is 1. The summed E-state index contributed by atoms with van der Waals surface area (Å²) >= 11 is 0. The average Bonchev–Trinajstić information content (AvgIpc) is 2.03. The SMILES string of the molecule is C=C(C)C(=O)O.CCOC(=O)CC(C)=O. The van der Waals surface area contributed by atoms with E-state index in [1.807, 2.05) is 0 Å². The molecule has 0 aromatic carbocycles. The lowest BCUT2D eigenvalue weighted by molar-refractivity contribution is -0.145. The lowest BCUT2D eigenvalue weighted by Gasteiger charge is -1.96. The van der Waals surface area contributed by atoms with E-state index in [2.05, 4.69) is 11.3 Å². The molecule has 0 aromatic heterocycles. The fourth-order valence-corrected chi connectivity index (χ4v) is 0.415. The summed E-state index contributed by atoms with van der Waals surface area (Å²) in [4.78, 5) is 30.2. The third kappa shape index (κ3) is 15.1. The molecule has 0 aliphatic heterocycles. The van der Waals surface area contributed by atoms with Crippen LogP contribution in [-0.2, 0) is 19.1 Å². The molecule has 0 radical (unpaired) electrons. The van der Waals surface area contributed by atoms with E-state index in [1.165, 1.54) is 13.8 Å². The molecule has 15 heavy (non-hydrogen) atoms. The lowest BCUT2D eigenvalue weighted by atomic mass is 10.3. The molecule has 0 saturated carbocycles. The number of hydrogen-bond acceptors (Lipinski definition) is 4. The van der Waals surface area contributed by atoms with Gasteiger partial charge in [-0.05, 0) is 20.8 Å². The molecule has 0 amide bonds. The molecule has 86 valence electrons. The fourth-order valence-electron chi connectivity index (χ4n) is 0.415. The van der Waals surface area contributed by atoms with E-state index in [0.717, 1.165) is 0 Å². The number of carboxylic acids is 1. The first-order chi connectivity index (χ1) is 6.81. The van der Waals surface area contributed by atoms with E-state index in [4.69, 9.17) is 5.11 Å². The first-order valence-electron chi connectivity index (χ1n) is 4.35. The van der Waals surface area contributed by atoms with Gasteiger partial charge in [-0.2, -0.15) is 0 Å². The van der Waals surface area contributed by atoms with Crippen molar-refractivity contribution >= 4 is 17.7 Å². The van der Waals surface area contributed by atoms with Crippen LogP contribution in [0.25, 0.3) is 0 Å². The van der Waals surface area contributed by atoms with Gasteiger partial charge in [-0.15, -0.1) is 0 Å². The molecule has 0 aromatic rings. The Morgan fingerprint density at radius 2 is 1.67 bits per heavy atom. The average molecular weight is 216 g/mol. The Morgan fingerprint density at radius 3 is 1.87 bits per heavy atom. The highest BCUT2D eigenvalue weighted by molar-refractivity contribution is 5.94. The summed E-state index contributed by atoms with van der Waals surface area (Å²) in [5, 5.41) is 7.89. The predicted octanol–water partition coefficient (Wildman–Crippen LogP) is 1.18. The van der Waals surface area contributed by atoms with Crippen LogP contribution in [0.1, 0.15) is 27.2 Å². The van der Waals surface area contributed by atoms with Gasteiger partial charge in [0.25, 0.3) is 0 Å². The molecular formula is C10H16O5. The molecular weight excluding hydrogens is 200 g/mol. The van der Waals surface area contributed by atoms with Crippen LogP contribution >= 0.6 is 0 Å². The zero-order valence-electron chi connectivity index (χ0n) is 9.20. The van der Waals surface area contributed by atoms with Gasteiger partial charge >= 0.3 is 11.9 Å². The van der Waals surface area contributed by atoms with Crippen molar-refractivity contribution < 1.29 is 24.2 Å². The van der Waals surface area contributed by atoms with Crippen molar-refractivity contribution in [2.75, 3.05) is 6.61 Å². The molecule has 0 rings (SSSR count). The van der Waals surface area contributed by atoms with Crippen LogP contribution in [0.3, 0.4) is 0 Å². The number of hydrogen-bond donors (Lipinski definition) is 1. The van der Waals surface area contributed by atoms with Crippen molar-refractivity contribution in [2.24, 2.45) is 0 Å². The summed E-state index contributed by atoms with van der Waals surface area (Å²) in [6, 6.07) is 0. The molecule has 0 bridgehead atoms. The Kier molecular flexibility index (Phi) is 9.41. The van der Waals surface area contributed by atoms with Crippen LogP contribution in [-0.4, -0.2) is 29.4 Å². The number of Topliss-reactive ketones (excluding diaryl/α,β-unsaturated/α-hetero) is 1. The maximum absolute atomic E-state index is 10.4. The van der Waals surface area contributed by atoms with Gasteiger partial charge in [0, 0.05) is 5.57 Å². The predicted molar refractivity (Wildman–Crippen MR) is 54.4 cm³/mol. The molecule has 0 atom stereocenters. The molecule has 5 heteroatoms. The van der Waals surface area contributed by atoms with E-state index in [9.17, 15) is 14.4 Å². The van der Waals surface area contributed by atoms with Gasteiger partial charge in [-0.3, -0.25) is 9.59 Å². The zero-order chi connectivity index (χ0) is 12.4. The Hall–Kier alpha value is -1.65. The van der Waals surface area contributed by atoms with E-state index in [-0.39, 0.29) is 17.8 Å². The minimum absolute atomic E-state index is 0.103. The summed E-state index contributed by atoms with van der Waals surface area (Å²) in [7, 11) is 0. The second kappa shape index (κ2) is 8.93. The summed E-state index contributed by atoms with van der Waals surface area (Å²) in [6.45, 7) is 8.01. The van der Waals surface area contributed by atoms with E-state index < -0.39 is 11.9 Å². The number of esters is 1. The van der Waals surface area contributed by atoms with Crippen LogP contribution in [0.4, 0.5) is 0 Å². The van der Waals surface area contributed by atoms with E-state index >= 15 is 0 Å². The van der Waals surface area contributed by atoms with Crippen LogP contribution in [0.15, 0.2) is 12.2 Å². The molecule has 0 unspecified atom stereocenters. The quantitative estimate of drug-likeness (QED) is 0.433. The maximum Gasteiger partial charge on any atom is 0.330 e. The molecule has 0 aliphatic rings. The van der Waals surface area contributed by atoms with Crippen molar-refractivity contribution in [1.29, 1.82) is 0 Å². The second-order valence-electron chi connectivity index (χ2n) is 2.77. The summed E-state index contributed by atoms with van der Waals surface area (Å²) < 4.78 is 4.49. The van der Waals surface area contributed by atoms with Crippen LogP contribution in [0.2, 0.25) is 0 Å². The molecule has 0 heterocycles. The Balaban J connectivity index is 0. The molecule has 1 N–H and O–H groups in total. The molecule has 0 spiro atoms. The third-order valence-corrected chi connectivity index (χ3v) is 1.06. The summed E-state index contributed by atoms with van der Waals surface area (Å²) in [5.74, 6) is -1.53. The Labute approximate surface area is 88.7 Å². The smallest absolute Gasteiger partial charge is 0.330 e. The Bertz CT molecular complexity index is 243. The fraction of sp³-hybridized carbons (Fsp3) is 0.500. The molecule has 0 saturated heterocycles. The number of ether oxygens (including phenoxy) is 1. The Morgan fingerprint density at radius 1 is 1.27 bits per heavy atom. The highest BCUT2D eigenvalue weighted by atomic mass is 16.5. The lowest BCUT2D eigenvalue weighted by Crippen LogP contribution is -2.07. The number of ketones is 1. The van der Waals surface area contributed by atoms with Crippen molar-refractivity contribution in [3.05, 3.63) is 12.2 Å². The second-order valence-corrected chi connectivity index (χ2v) is 2.77. The van der Waals surface area contributed by atoms with Gasteiger partial charge in [0.05, 0.1) is 6.61 Å². The topological polar surface area (TPSA) is 80.7 Å². The first kappa shape index (κ1) is 15.8. The van der Waals surface area contributed by atoms with Gasteiger partial charge in [0.15, 0.2) is 0 Å². The monoisotopic (exact) mass is 216 g/mol. The summed E-state index contributed by atoms with van der Waals surface area (Å²) in [6.07, 6.45) is -0.103. The first-order valence-corrected chi connectivity index (χ1v) is 4.35. The maximum atomic E-state index is 10.4. The molecule has 5 nitrogen and oxygen atoms in total. The third-order valence-electron chi connectivity index (χ3n) is 1.06. The number of carbonyl (C=O) groups excluding carboxylic acids is 2. The zero-order valence-corrected chi connectivity index (χ0v) is 9.20. The van der Waals surface area contributed by atoms with E-state index in [0.29, 0.717) is 6.61 Å². The van der Waals surface area contributed by atoms with Crippen LogP contribution in [0.5, 0.6) is 0 Å². The van der Waals surface area contributed by atoms with Crippen molar-refractivity contribution in [2.45, 2.75) is 27.2 Å². The molecule has 0 aliphatic carbocycles. The van der Waals surface area contributed by atoms with Gasteiger partial charge in [-0.1, -0.05) is 6.58 Å². The minimum atomic E-state index is -0.935. The number of rotatable bonds is 4. The highest BCUT2D eigenvalue weighted by Gasteiger charge is 2.03. The van der Waals surface area contributed by atoms with Gasteiger partial charge < -0.3 is 9.84 Å². The highest BCUT2D eigenvalue weighted by Crippen LogP contribution is 1.86. The van der Waals surface area contributed by atoms with Crippen LogP contribution in [0, 0.1) is 0 Å². The van der Waals surface area contributed by atoms with Gasteiger partial charge in [0.1, 0.15) is 12.2 Å². The van der Waals surface area contributed by atoms with Crippen molar-refractivity contribution in [3.63, 3.8) is 0 Å². The van der Waals surface area contributed by atoms with Crippen molar-refractivity contribution in [1.82, 2.24) is 0 Å². The van der Waals surface area contributed by atoms with Crippen LogP contribution < -0.4 is 0 Å².